The summed E-state index contributed by atoms with van der Waals surface area (Å²) in [5.74, 6) is -0.613. The summed E-state index contributed by atoms with van der Waals surface area (Å²) in [4.78, 5) is 47.4. The van der Waals surface area contributed by atoms with Crippen molar-refractivity contribution in [2.75, 3.05) is 19.1 Å². The molecule has 0 fully saturated rings. The first-order chi connectivity index (χ1) is 20.6. The lowest BCUT2D eigenvalue weighted by Gasteiger charge is -2.40. The third-order valence-corrected chi connectivity index (χ3v) is 9.58. The summed E-state index contributed by atoms with van der Waals surface area (Å²) in [6.07, 6.45) is 0.216. The Morgan fingerprint density at radius 2 is 1.98 bits per heavy atom. The second-order valence-corrected chi connectivity index (χ2v) is 12.7. The Morgan fingerprint density at radius 3 is 2.70 bits per heavy atom. The van der Waals surface area contributed by atoms with Crippen LogP contribution < -0.4 is 15.6 Å². The van der Waals surface area contributed by atoms with Gasteiger partial charge in [-0.15, -0.1) is 23.1 Å². The Bertz CT molecular complexity index is 1760. The number of hydrogen-bond donors (Lipinski definition) is 4. The number of nitrogens with zero attached hydrogens (tertiary/aromatic N) is 2. The molecular weight excluding hydrogens is 635 g/mol. The molecule has 2 aromatic heterocycles. The number of rotatable bonds is 10. The van der Waals surface area contributed by atoms with E-state index < -0.39 is 29.7 Å². The first kappa shape index (κ1) is 30.9. The molecule has 1 aliphatic rings. The Balaban J connectivity index is 1.38. The van der Waals surface area contributed by atoms with E-state index in [1.165, 1.54) is 34.1 Å². The van der Waals surface area contributed by atoms with Crippen molar-refractivity contribution < 1.29 is 24.5 Å². The normalized spacial score (nSPS) is 15.9. The number of ether oxygens (including phenoxy) is 1. The number of H-pyrrole nitrogens is 1. The molecule has 5 rings (SSSR count). The van der Waals surface area contributed by atoms with E-state index in [1.54, 1.807) is 37.3 Å². The van der Waals surface area contributed by atoms with E-state index in [-0.39, 0.29) is 36.2 Å². The van der Waals surface area contributed by atoms with Gasteiger partial charge in [0.25, 0.3) is 5.56 Å². The Labute approximate surface area is 264 Å². The number of carboxylic acid groups (broad SMARTS) is 1. The highest BCUT2D eigenvalue weighted by atomic mass is 35.5. The largest absolute Gasteiger partial charge is 0.488 e. The third-order valence-electron chi connectivity index (χ3n) is 6.71. The molecule has 2 atom stereocenters. The van der Waals surface area contributed by atoms with Crippen molar-refractivity contribution in [3.8, 4) is 17.1 Å². The summed E-state index contributed by atoms with van der Waals surface area (Å²) in [5, 5.41) is 25.8. The SMILES string of the molecule is CC(NC(=O)Cc1cccs1)C1SCC(COc2ccc(Cl)cc2-c2nc3ccc(Cl)cc3c(=O)[nH]2)=C(C(=O)O)N1CO. The number of aromatic nitrogens is 2. The molecule has 3 heterocycles. The van der Waals surface area contributed by atoms with E-state index in [0.717, 1.165) is 4.88 Å². The number of aliphatic hydroxyl groups excluding tert-OH is 1. The summed E-state index contributed by atoms with van der Waals surface area (Å²) in [6.45, 7) is 1.07. The Kier molecular flexibility index (Phi) is 9.62. The van der Waals surface area contributed by atoms with Gasteiger partial charge in [0.1, 0.15) is 30.6 Å². The first-order valence-electron chi connectivity index (χ1n) is 13.0. The van der Waals surface area contributed by atoms with Crippen molar-refractivity contribution in [3.05, 3.63) is 90.5 Å². The molecule has 43 heavy (non-hydrogen) atoms. The monoisotopic (exact) mass is 660 g/mol. The zero-order valence-electron chi connectivity index (χ0n) is 22.7. The number of hydrogen-bond acceptors (Lipinski definition) is 9. The molecule has 14 heteroatoms. The van der Waals surface area contributed by atoms with Gasteiger partial charge in [-0.25, -0.2) is 9.78 Å². The maximum absolute atomic E-state index is 12.8. The smallest absolute Gasteiger partial charge is 0.352 e. The highest BCUT2D eigenvalue weighted by Gasteiger charge is 2.36. The van der Waals surface area contributed by atoms with Crippen molar-refractivity contribution in [2.24, 2.45) is 0 Å². The van der Waals surface area contributed by atoms with Gasteiger partial charge >= 0.3 is 5.97 Å². The number of aliphatic carboxylic acids is 1. The van der Waals surface area contributed by atoms with Crippen molar-refractivity contribution in [1.82, 2.24) is 20.2 Å². The van der Waals surface area contributed by atoms with Crippen molar-refractivity contribution in [2.45, 2.75) is 24.8 Å². The summed E-state index contributed by atoms with van der Waals surface area (Å²) in [7, 11) is 0. The van der Waals surface area contributed by atoms with Crippen LogP contribution in [0, 0.1) is 0 Å². The predicted octanol–water partition coefficient (Wildman–Crippen LogP) is 4.75. The number of thiophene rings is 1. The minimum atomic E-state index is -1.23. The van der Waals surface area contributed by atoms with Crippen LogP contribution in [0.5, 0.6) is 5.75 Å². The molecule has 0 saturated heterocycles. The molecule has 0 radical (unpaired) electrons. The lowest BCUT2D eigenvalue weighted by Crippen LogP contribution is -2.52. The topological polar surface area (TPSA) is 145 Å². The number of fused-ring (bicyclic) bond motifs is 1. The summed E-state index contributed by atoms with van der Waals surface area (Å²) in [5.41, 5.74) is 0.760. The molecule has 0 spiro atoms. The van der Waals surface area contributed by atoms with Gasteiger partial charge in [0.2, 0.25) is 5.91 Å². The van der Waals surface area contributed by atoms with Crippen LogP contribution in [0.25, 0.3) is 22.3 Å². The molecule has 2 unspecified atom stereocenters. The number of aromatic amines is 1. The zero-order valence-corrected chi connectivity index (χ0v) is 25.8. The fraction of sp³-hybridized carbons (Fsp3) is 0.241. The van der Waals surface area contributed by atoms with E-state index in [1.807, 2.05) is 17.5 Å². The number of aliphatic hydroxyl groups is 1. The highest BCUT2D eigenvalue weighted by Crippen LogP contribution is 2.35. The maximum Gasteiger partial charge on any atom is 0.352 e. The maximum atomic E-state index is 12.8. The minimum absolute atomic E-state index is 0.102. The zero-order chi connectivity index (χ0) is 30.7. The molecule has 4 N–H and O–H groups in total. The Morgan fingerprint density at radius 1 is 1.21 bits per heavy atom. The molecular formula is C29H26Cl2N4O6S2. The van der Waals surface area contributed by atoms with Crippen LogP contribution in [0.15, 0.2) is 70.0 Å². The minimum Gasteiger partial charge on any atom is -0.488 e. The van der Waals surface area contributed by atoms with Gasteiger partial charge in [-0.3, -0.25) is 9.59 Å². The van der Waals surface area contributed by atoms with Crippen LogP contribution in [0.4, 0.5) is 0 Å². The van der Waals surface area contributed by atoms with Gasteiger partial charge in [-0.2, -0.15) is 0 Å². The van der Waals surface area contributed by atoms with Gasteiger partial charge in [0.05, 0.1) is 34.3 Å². The number of carbonyl (C=O) groups is 2. The first-order valence-corrected chi connectivity index (χ1v) is 15.7. The predicted molar refractivity (Wildman–Crippen MR) is 169 cm³/mol. The molecule has 4 aromatic rings. The molecule has 224 valence electrons. The van der Waals surface area contributed by atoms with Crippen LogP contribution >= 0.6 is 46.3 Å². The molecule has 10 nitrogen and oxygen atoms in total. The quantitative estimate of drug-likeness (QED) is 0.189. The number of halogens is 2. The fourth-order valence-corrected chi connectivity index (χ4v) is 7.14. The van der Waals surface area contributed by atoms with Gasteiger partial charge < -0.3 is 30.2 Å². The van der Waals surface area contributed by atoms with Crippen LogP contribution in [0.1, 0.15) is 11.8 Å². The lowest BCUT2D eigenvalue weighted by atomic mass is 10.1. The van der Waals surface area contributed by atoms with Gasteiger partial charge in [0.15, 0.2) is 0 Å². The second-order valence-electron chi connectivity index (χ2n) is 9.69. The van der Waals surface area contributed by atoms with E-state index in [0.29, 0.717) is 37.8 Å². The summed E-state index contributed by atoms with van der Waals surface area (Å²) >= 11 is 15.2. The number of carbonyl (C=O) groups excluding carboxylic acids is 1. The lowest BCUT2D eigenvalue weighted by molar-refractivity contribution is -0.135. The van der Waals surface area contributed by atoms with Gasteiger partial charge in [-0.1, -0.05) is 29.3 Å². The van der Waals surface area contributed by atoms with Gasteiger partial charge in [-0.05, 0) is 54.8 Å². The van der Waals surface area contributed by atoms with Crippen molar-refractivity contribution >= 4 is 69.1 Å². The summed E-state index contributed by atoms with van der Waals surface area (Å²) < 4.78 is 6.10. The average Bonchev–Trinajstić information content (AvgIpc) is 3.48. The van der Waals surface area contributed by atoms with E-state index in [9.17, 15) is 24.6 Å². The Hall–Kier alpha value is -3.55. The van der Waals surface area contributed by atoms with Crippen LogP contribution in [-0.4, -0.2) is 67.5 Å². The number of benzene rings is 2. The number of carboxylic acids is 1. The third kappa shape index (κ3) is 7.00. The molecule has 0 bridgehead atoms. The fourth-order valence-electron chi connectivity index (χ4n) is 4.79. The highest BCUT2D eigenvalue weighted by molar-refractivity contribution is 8.00. The standard InChI is InChI=1S/C29H26Cl2N4O6S2/c1-15(32-24(37)11-19-3-2-8-42-19)28-35(14-36)25(29(39)40)16(13-43-28)12-41-23-7-5-18(31)10-21(23)26-33-22-6-4-17(30)9-20(22)27(38)34-26/h2-10,15,28,36H,11-14H2,1H3,(H,32,37)(H,39,40)(H,33,34,38). The second kappa shape index (κ2) is 13.4. The number of thioether (sulfide) groups is 1. The number of amides is 1. The van der Waals surface area contributed by atoms with Crippen molar-refractivity contribution in [1.29, 1.82) is 0 Å². The molecule has 0 aliphatic carbocycles. The molecule has 1 aliphatic heterocycles. The molecule has 0 saturated carbocycles. The van der Waals surface area contributed by atoms with E-state index >= 15 is 0 Å². The van der Waals surface area contributed by atoms with Crippen molar-refractivity contribution in [3.63, 3.8) is 0 Å². The van der Waals surface area contributed by atoms with Gasteiger partial charge in [0, 0.05) is 26.2 Å². The van der Waals surface area contributed by atoms with Crippen LogP contribution in [0.3, 0.4) is 0 Å². The van der Waals surface area contributed by atoms with Crippen LogP contribution in [-0.2, 0) is 16.0 Å². The average molecular weight is 662 g/mol. The van der Waals surface area contributed by atoms with E-state index in [4.69, 9.17) is 27.9 Å². The summed E-state index contributed by atoms with van der Waals surface area (Å²) in [6, 6.07) is 12.9. The van der Waals surface area contributed by atoms with Crippen LogP contribution in [0.2, 0.25) is 10.0 Å². The molecule has 1 amide bonds. The van der Waals surface area contributed by atoms with E-state index in [2.05, 4.69) is 15.3 Å². The number of nitrogens with one attached hydrogen (secondary N) is 2. The molecule has 2 aromatic carbocycles.